The molecule has 0 unspecified atom stereocenters. The molecule has 0 aliphatic rings. The largest absolute Gasteiger partial charge is 0.503 e. The maximum Gasteiger partial charge on any atom is 0.304 e. The molecule has 0 heterocycles. The number of benzene rings is 1. The van der Waals surface area contributed by atoms with Crippen LogP contribution in [0.5, 0.6) is 11.5 Å². The average Bonchev–Trinajstić information content (AvgIpc) is 2.28. The van der Waals surface area contributed by atoms with Crippen molar-refractivity contribution in [3.63, 3.8) is 0 Å². The molecule has 6 heteroatoms. The van der Waals surface area contributed by atoms with E-state index in [-0.39, 0.29) is 12.2 Å². The lowest BCUT2D eigenvalue weighted by atomic mass is 10.2. The van der Waals surface area contributed by atoms with Crippen molar-refractivity contribution in [1.29, 1.82) is 0 Å². The molecule has 0 atom stereocenters. The normalized spacial score (nSPS) is 10.2. The number of carboxylic acids is 1. The van der Waals surface area contributed by atoms with Gasteiger partial charge in [-0.2, -0.15) is 0 Å². The van der Waals surface area contributed by atoms with Crippen LogP contribution in [-0.2, 0) is 11.3 Å². The highest BCUT2D eigenvalue weighted by Crippen LogP contribution is 2.35. The van der Waals surface area contributed by atoms with E-state index in [0.29, 0.717) is 23.3 Å². The standard InChI is InChI=1S/C11H14BrNO4/c1-17-9-5-7(4-8(12)11(9)16)6-13-3-2-10(14)15/h4-5,13,16H,2-3,6H2,1H3,(H,14,15). The zero-order valence-electron chi connectivity index (χ0n) is 9.36. The van der Waals surface area contributed by atoms with Crippen LogP contribution >= 0.6 is 15.9 Å². The van der Waals surface area contributed by atoms with Crippen LogP contribution in [0.25, 0.3) is 0 Å². The molecule has 1 aromatic rings. The number of nitrogens with one attached hydrogen (secondary N) is 1. The van der Waals surface area contributed by atoms with Gasteiger partial charge in [-0.3, -0.25) is 4.79 Å². The number of carboxylic acid groups (broad SMARTS) is 1. The Hall–Kier alpha value is -1.27. The zero-order valence-corrected chi connectivity index (χ0v) is 11.0. The molecule has 0 aromatic heterocycles. The number of rotatable bonds is 6. The molecule has 0 aliphatic carbocycles. The van der Waals surface area contributed by atoms with Crippen LogP contribution in [-0.4, -0.2) is 29.8 Å². The summed E-state index contributed by atoms with van der Waals surface area (Å²) < 4.78 is 5.56. The van der Waals surface area contributed by atoms with E-state index in [1.54, 1.807) is 12.1 Å². The molecule has 17 heavy (non-hydrogen) atoms. The van der Waals surface area contributed by atoms with Gasteiger partial charge in [0.25, 0.3) is 0 Å². The Labute approximate surface area is 108 Å². The second kappa shape index (κ2) is 6.46. The van der Waals surface area contributed by atoms with E-state index in [2.05, 4.69) is 21.2 Å². The lowest BCUT2D eigenvalue weighted by molar-refractivity contribution is -0.136. The highest BCUT2D eigenvalue weighted by Gasteiger charge is 2.08. The number of carbonyl (C=O) groups is 1. The Kier molecular flexibility index (Phi) is 5.24. The number of ether oxygens (including phenoxy) is 1. The molecule has 0 bridgehead atoms. The van der Waals surface area contributed by atoms with Crippen LogP contribution in [0.4, 0.5) is 0 Å². The number of phenolic OH excluding ortho intramolecular Hbond substituents is 1. The molecule has 5 nitrogen and oxygen atoms in total. The lowest BCUT2D eigenvalue weighted by Crippen LogP contribution is -2.17. The Bertz CT molecular complexity index is 409. The van der Waals surface area contributed by atoms with Crippen LogP contribution in [0.2, 0.25) is 0 Å². The van der Waals surface area contributed by atoms with E-state index in [1.807, 2.05) is 0 Å². The van der Waals surface area contributed by atoms with Gasteiger partial charge in [0, 0.05) is 13.1 Å². The Morgan fingerprint density at radius 3 is 2.82 bits per heavy atom. The lowest BCUT2D eigenvalue weighted by Gasteiger charge is -2.09. The highest BCUT2D eigenvalue weighted by molar-refractivity contribution is 9.10. The molecule has 0 radical (unpaired) electrons. The van der Waals surface area contributed by atoms with Gasteiger partial charge >= 0.3 is 5.97 Å². The summed E-state index contributed by atoms with van der Waals surface area (Å²) in [6.07, 6.45) is 0.0798. The molecule has 1 aromatic carbocycles. The molecule has 3 N–H and O–H groups in total. The third kappa shape index (κ3) is 4.24. The summed E-state index contributed by atoms with van der Waals surface area (Å²) in [5, 5.41) is 21.1. The number of methoxy groups -OCH3 is 1. The summed E-state index contributed by atoms with van der Waals surface area (Å²) in [6.45, 7) is 0.915. The summed E-state index contributed by atoms with van der Waals surface area (Å²) >= 11 is 3.22. The van der Waals surface area contributed by atoms with E-state index in [9.17, 15) is 9.90 Å². The molecule has 0 saturated carbocycles. The zero-order chi connectivity index (χ0) is 12.8. The number of phenols is 1. The molecule has 94 valence electrons. The number of hydrogen-bond donors (Lipinski definition) is 3. The number of halogens is 1. The van der Waals surface area contributed by atoms with Crippen molar-refractivity contribution < 1.29 is 19.7 Å². The van der Waals surface area contributed by atoms with Gasteiger partial charge in [0.05, 0.1) is 18.0 Å². The molecule has 1 rings (SSSR count). The predicted molar refractivity (Wildman–Crippen MR) is 66.3 cm³/mol. The quantitative estimate of drug-likeness (QED) is 0.698. The van der Waals surface area contributed by atoms with E-state index >= 15 is 0 Å². The van der Waals surface area contributed by atoms with Gasteiger partial charge in [-0.05, 0) is 33.6 Å². The third-order valence-electron chi connectivity index (χ3n) is 2.15. The van der Waals surface area contributed by atoms with Gasteiger partial charge in [-0.25, -0.2) is 0 Å². The topological polar surface area (TPSA) is 78.8 Å². The monoisotopic (exact) mass is 303 g/mol. The second-order valence-corrected chi connectivity index (χ2v) is 4.30. The number of aliphatic carboxylic acids is 1. The van der Waals surface area contributed by atoms with Gasteiger partial charge in [0.1, 0.15) is 0 Å². The fraction of sp³-hybridized carbons (Fsp3) is 0.364. The van der Waals surface area contributed by atoms with Crippen LogP contribution in [0, 0.1) is 0 Å². The molecular formula is C11H14BrNO4. The first kappa shape index (κ1) is 13.8. The fourth-order valence-corrected chi connectivity index (χ4v) is 1.80. The SMILES string of the molecule is COc1cc(CNCCC(=O)O)cc(Br)c1O. The van der Waals surface area contributed by atoms with Crippen LogP contribution < -0.4 is 10.1 Å². The summed E-state index contributed by atoms with van der Waals surface area (Å²) in [6, 6.07) is 3.46. The first-order valence-electron chi connectivity index (χ1n) is 5.02. The second-order valence-electron chi connectivity index (χ2n) is 3.45. The van der Waals surface area contributed by atoms with Crippen LogP contribution in [0.1, 0.15) is 12.0 Å². The molecule has 0 saturated heterocycles. The summed E-state index contributed by atoms with van der Waals surface area (Å²) in [5.74, 6) is -0.391. The predicted octanol–water partition coefficient (Wildman–Crippen LogP) is 1.73. The van der Waals surface area contributed by atoms with Gasteiger partial charge in [-0.15, -0.1) is 0 Å². The van der Waals surface area contributed by atoms with Gasteiger partial charge in [0.2, 0.25) is 0 Å². The first-order valence-corrected chi connectivity index (χ1v) is 5.81. The van der Waals surface area contributed by atoms with E-state index < -0.39 is 5.97 Å². The smallest absolute Gasteiger partial charge is 0.304 e. The average molecular weight is 304 g/mol. The van der Waals surface area contributed by atoms with Crippen molar-refractivity contribution in [1.82, 2.24) is 5.32 Å². The molecule has 0 fully saturated rings. The minimum atomic E-state index is -0.832. The summed E-state index contributed by atoms with van der Waals surface area (Å²) in [4.78, 5) is 10.3. The molecule has 0 amide bonds. The molecular weight excluding hydrogens is 290 g/mol. The van der Waals surface area contributed by atoms with Crippen molar-refractivity contribution in [2.24, 2.45) is 0 Å². The van der Waals surface area contributed by atoms with E-state index in [0.717, 1.165) is 5.56 Å². The molecule has 0 spiro atoms. The summed E-state index contributed by atoms with van der Waals surface area (Å²) in [7, 11) is 1.48. The van der Waals surface area contributed by atoms with Crippen molar-refractivity contribution in [2.45, 2.75) is 13.0 Å². The Morgan fingerprint density at radius 1 is 1.53 bits per heavy atom. The van der Waals surface area contributed by atoms with E-state index in [4.69, 9.17) is 9.84 Å². The first-order chi connectivity index (χ1) is 8.04. The molecule has 0 aliphatic heterocycles. The summed E-state index contributed by atoms with van der Waals surface area (Å²) in [5.41, 5.74) is 0.900. The van der Waals surface area contributed by atoms with Gasteiger partial charge in [-0.1, -0.05) is 0 Å². The number of aromatic hydroxyl groups is 1. The van der Waals surface area contributed by atoms with Crippen LogP contribution in [0.15, 0.2) is 16.6 Å². The third-order valence-corrected chi connectivity index (χ3v) is 2.76. The van der Waals surface area contributed by atoms with Crippen molar-refractivity contribution in [3.8, 4) is 11.5 Å². The maximum atomic E-state index is 10.3. The van der Waals surface area contributed by atoms with E-state index in [1.165, 1.54) is 7.11 Å². The number of hydrogen-bond acceptors (Lipinski definition) is 4. The Balaban J connectivity index is 2.59. The highest BCUT2D eigenvalue weighted by atomic mass is 79.9. The van der Waals surface area contributed by atoms with Gasteiger partial charge < -0.3 is 20.3 Å². The van der Waals surface area contributed by atoms with Gasteiger partial charge in [0.15, 0.2) is 11.5 Å². The van der Waals surface area contributed by atoms with Crippen molar-refractivity contribution >= 4 is 21.9 Å². The van der Waals surface area contributed by atoms with Crippen molar-refractivity contribution in [3.05, 3.63) is 22.2 Å². The minimum absolute atomic E-state index is 0.0572. The van der Waals surface area contributed by atoms with Crippen molar-refractivity contribution in [2.75, 3.05) is 13.7 Å². The minimum Gasteiger partial charge on any atom is -0.503 e. The fourth-order valence-electron chi connectivity index (χ4n) is 1.31. The maximum absolute atomic E-state index is 10.3. The Morgan fingerprint density at radius 2 is 2.24 bits per heavy atom. The van der Waals surface area contributed by atoms with Crippen LogP contribution in [0.3, 0.4) is 0 Å².